The van der Waals surface area contributed by atoms with Crippen molar-refractivity contribution in [3.63, 3.8) is 0 Å². The van der Waals surface area contributed by atoms with Crippen molar-refractivity contribution < 1.29 is 4.39 Å². The Balaban J connectivity index is 1.61. The Bertz CT molecular complexity index is 582. The van der Waals surface area contributed by atoms with Crippen LogP contribution in [0, 0.1) is 5.82 Å². The third-order valence-corrected chi connectivity index (χ3v) is 6.05. The molecule has 2 unspecified atom stereocenters. The van der Waals surface area contributed by atoms with E-state index in [0.717, 1.165) is 28.1 Å². The van der Waals surface area contributed by atoms with Crippen LogP contribution in [0.4, 0.5) is 4.39 Å². The van der Waals surface area contributed by atoms with E-state index in [9.17, 15) is 4.39 Å². The summed E-state index contributed by atoms with van der Waals surface area (Å²) in [6.07, 6.45) is 6.10. The number of nitrogens with one attached hydrogen (secondary N) is 1. The summed E-state index contributed by atoms with van der Waals surface area (Å²) >= 11 is 3.58. The molecular weight excluding hydrogens is 303 g/mol. The topological polar surface area (TPSA) is 24.9 Å². The van der Waals surface area contributed by atoms with E-state index < -0.39 is 0 Å². The number of hydrogen-bond donors (Lipinski definition) is 1. The lowest BCUT2D eigenvalue weighted by molar-refractivity contribution is 0.528. The molecule has 1 aliphatic rings. The van der Waals surface area contributed by atoms with Gasteiger partial charge < -0.3 is 5.32 Å². The van der Waals surface area contributed by atoms with Gasteiger partial charge in [0, 0.05) is 28.8 Å². The molecule has 5 heteroatoms. The minimum atomic E-state index is -0.207. The maximum atomic E-state index is 12.9. The first-order valence-electron chi connectivity index (χ1n) is 7.23. The molecular formula is C16H19FN2S2. The Kier molecular flexibility index (Phi) is 4.93. The zero-order valence-corrected chi connectivity index (χ0v) is 13.6. The van der Waals surface area contributed by atoms with E-state index in [1.807, 2.05) is 11.8 Å². The van der Waals surface area contributed by atoms with Crippen LogP contribution in [0.3, 0.4) is 0 Å². The van der Waals surface area contributed by atoms with Crippen LogP contribution >= 0.6 is 23.1 Å². The molecule has 2 nitrogen and oxygen atoms in total. The van der Waals surface area contributed by atoms with Gasteiger partial charge in [-0.3, -0.25) is 0 Å². The molecule has 3 rings (SSSR count). The quantitative estimate of drug-likeness (QED) is 0.887. The average molecular weight is 322 g/mol. The van der Waals surface area contributed by atoms with Crippen LogP contribution in [0.5, 0.6) is 0 Å². The molecule has 0 amide bonds. The Morgan fingerprint density at radius 2 is 2.14 bits per heavy atom. The second-order valence-corrected chi connectivity index (χ2v) is 7.28. The predicted molar refractivity (Wildman–Crippen MR) is 89.3 cm³/mol. The average Bonchev–Trinajstić information content (AvgIpc) is 3.14. The maximum Gasteiger partial charge on any atom is 0.123 e. The van der Waals surface area contributed by atoms with Gasteiger partial charge in [-0.2, -0.15) is 11.8 Å². The van der Waals surface area contributed by atoms with Crippen molar-refractivity contribution in [2.24, 2.45) is 0 Å². The molecule has 112 valence electrons. The second-order valence-electron chi connectivity index (χ2n) is 5.34. The molecule has 1 fully saturated rings. The van der Waals surface area contributed by atoms with Crippen LogP contribution in [-0.4, -0.2) is 22.5 Å². The number of benzene rings is 1. The number of halogens is 1. The van der Waals surface area contributed by atoms with Crippen LogP contribution in [0.1, 0.15) is 25.0 Å². The monoisotopic (exact) mass is 322 g/mol. The number of nitrogens with zero attached hydrogens (tertiary/aromatic N) is 1. The minimum absolute atomic E-state index is 0.207. The summed E-state index contributed by atoms with van der Waals surface area (Å²) in [6.45, 7) is 0.819. The summed E-state index contributed by atoms with van der Waals surface area (Å²) in [5, 5.41) is 7.42. The SMILES string of the molecule is CSC1CCCC1NCc1csc(-c2ccc(F)cc2)n1. The summed E-state index contributed by atoms with van der Waals surface area (Å²) in [7, 11) is 0. The normalized spacial score (nSPS) is 21.8. The molecule has 0 saturated heterocycles. The minimum Gasteiger partial charge on any atom is -0.307 e. The first-order valence-corrected chi connectivity index (χ1v) is 9.39. The van der Waals surface area contributed by atoms with Gasteiger partial charge in [0.15, 0.2) is 0 Å². The molecule has 1 N–H and O–H groups in total. The van der Waals surface area contributed by atoms with Gasteiger partial charge in [-0.15, -0.1) is 11.3 Å². The lowest BCUT2D eigenvalue weighted by atomic mass is 10.2. The van der Waals surface area contributed by atoms with Crippen molar-refractivity contribution in [3.8, 4) is 10.6 Å². The largest absolute Gasteiger partial charge is 0.307 e. The van der Waals surface area contributed by atoms with Crippen LogP contribution in [-0.2, 0) is 6.54 Å². The number of hydrogen-bond acceptors (Lipinski definition) is 4. The van der Waals surface area contributed by atoms with E-state index in [0.29, 0.717) is 6.04 Å². The molecule has 0 bridgehead atoms. The van der Waals surface area contributed by atoms with Crippen molar-refractivity contribution in [1.82, 2.24) is 10.3 Å². The fourth-order valence-corrected chi connectivity index (χ4v) is 4.58. The Labute approximate surface area is 133 Å². The van der Waals surface area contributed by atoms with E-state index in [2.05, 4.69) is 21.9 Å². The Morgan fingerprint density at radius 3 is 2.90 bits per heavy atom. The van der Waals surface area contributed by atoms with Gasteiger partial charge in [0.25, 0.3) is 0 Å². The highest BCUT2D eigenvalue weighted by Crippen LogP contribution is 2.29. The predicted octanol–water partition coefficient (Wildman–Crippen LogP) is 4.32. The highest BCUT2D eigenvalue weighted by atomic mass is 32.2. The Morgan fingerprint density at radius 1 is 1.33 bits per heavy atom. The summed E-state index contributed by atoms with van der Waals surface area (Å²) in [6, 6.07) is 7.14. The first-order chi connectivity index (χ1) is 10.3. The summed E-state index contributed by atoms with van der Waals surface area (Å²) in [4.78, 5) is 4.65. The van der Waals surface area contributed by atoms with Gasteiger partial charge in [0.1, 0.15) is 10.8 Å². The van der Waals surface area contributed by atoms with E-state index in [1.54, 1.807) is 23.5 Å². The highest BCUT2D eigenvalue weighted by molar-refractivity contribution is 7.99. The number of aromatic nitrogens is 1. The third-order valence-electron chi connectivity index (χ3n) is 3.94. The van der Waals surface area contributed by atoms with E-state index >= 15 is 0 Å². The second kappa shape index (κ2) is 6.90. The number of rotatable bonds is 5. The summed E-state index contributed by atoms with van der Waals surface area (Å²) in [5.41, 5.74) is 2.06. The van der Waals surface area contributed by atoms with Gasteiger partial charge >= 0.3 is 0 Å². The van der Waals surface area contributed by atoms with Crippen molar-refractivity contribution >= 4 is 23.1 Å². The zero-order valence-electron chi connectivity index (χ0n) is 12.0. The molecule has 0 aliphatic heterocycles. The highest BCUT2D eigenvalue weighted by Gasteiger charge is 2.25. The fourth-order valence-electron chi connectivity index (χ4n) is 2.79. The van der Waals surface area contributed by atoms with E-state index in [-0.39, 0.29) is 5.82 Å². The maximum absolute atomic E-state index is 12.9. The summed E-state index contributed by atoms with van der Waals surface area (Å²) < 4.78 is 12.9. The molecule has 1 heterocycles. The van der Waals surface area contributed by atoms with Gasteiger partial charge in [-0.1, -0.05) is 6.42 Å². The molecule has 1 aromatic carbocycles. The van der Waals surface area contributed by atoms with Crippen molar-refractivity contribution in [2.75, 3.05) is 6.26 Å². The van der Waals surface area contributed by atoms with Gasteiger partial charge in [0.05, 0.1) is 5.69 Å². The molecule has 1 saturated carbocycles. The van der Waals surface area contributed by atoms with E-state index in [4.69, 9.17) is 0 Å². The summed E-state index contributed by atoms with van der Waals surface area (Å²) in [5.74, 6) is -0.207. The molecule has 2 atom stereocenters. The van der Waals surface area contributed by atoms with Crippen molar-refractivity contribution in [1.29, 1.82) is 0 Å². The standard InChI is InChI=1S/C16H19FN2S2/c1-20-15-4-2-3-14(15)18-9-13-10-21-16(19-13)11-5-7-12(17)8-6-11/h5-8,10,14-15,18H,2-4,9H2,1H3. The van der Waals surface area contributed by atoms with Crippen molar-refractivity contribution in [3.05, 3.63) is 41.2 Å². The zero-order chi connectivity index (χ0) is 14.7. The molecule has 1 aliphatic carbocycles. The first kappa shape index (κ1) is 15.0. The van der Waals surface area contributed by atoms with Crippen LogP contribution < -0.4 is 5.32 Å². The molecule has 0 radical (unpaired) electrons. The lowest BCUT2D eigenvalue weighted by Gasteiger charge is -2.18. The van der Waals surface area contributed by atoms with E-state index in [1.165, 1.54) is 31.4 Å². The molecule has 0 spiro atoms. The Hall–Kier alpha value is -0.910. The lowest BCUT2D eigenvalue weighted by Crippen LogP contribution is -2.33. The molecule has 21 heavy (non-hydrogen) atoms. The molecule has 2 aromatic rings. The number of thioether (sulfide) groups is 1. The smallest absolute Gasteiger partial charge is 0.123 e. The third kappa shape index (κ3) is 3.65. The van der Waals surface area contributed by atoms with Crippen LogP contribution in [0.2, 0.25) is 0 Å². The number of thiazole rings is 1. The van der Waals surface area contributed by atoms with Crippen LogP contribution in [0.25, 0.3) is 10.6 Å². The van der Waals surface area contributed by atoms with Crippen molar-refractivity contribution in [2.45, 2.75) is 37.1 Å². The fraction of sp³-hybridized carbons (Fsp3) is 0.438. The van der Waals surface area contributed by atoms with Gasteiger partial charge in [-0.25, -0.2) is 9.37 Å². The van der Waals surface area contributed by atoms with Crippen LogP contribution in [0.15, 0.2) is 29.6 Å². The molecule has 1 aromatic heterocycles. The van der Waals surface area contributed by atoms with Gasteiger partial charge in [-0.05, 0) is 43.4 Å². The van der Waals surface area contributed by atoms with Gasteiger partial charge in [0.2, 0.25) is 0 Å².